The molecule has 0 aliphatic rings. The Balaban J connectivity index is 2.60. The monoisotopic (exact) mass is 286 g/mol. The number of halogens is 1. The summed E-state index contributed by atoms with van der Waals surface area (Å²) in [4.78, 5) is 0. The number of methoxy groups -OCH3 is 1. The van der Waals surface area contributed by atoms with Crippen LogP contribution in [0.3, 0.4) is 0 Å². The van der Waals surface area contributed by atoms with Gasteiger partial charge in [-0.3, -0.25) is 0 Å². The Morgan fingerprint density at radius 1 is 1.44 bits per heavy atom. The van der Waals surface area contributed by atoms with E-state index in [9.17, 15) is 5.11 Å². The summed E-state index contributed by atoms with van der Waals surface area (Å²) in [5, 5.41) is 19.1. The lowest BCUT2D eigenvalue weighted by molar-refractivity contribution is 0.0788. The Morgan fingerprint density at radius 3 is 2.81 bits per heavy atom. The van der Waals surface area contributed by atoms with E-state index in [1.54, 1.807) is 19.2 Å². The van der Waals surface area contributed by atoms with Gasteiger partial charge in [-0.15, -0.1) is 0 Å². The molecule has 0 aliphatic carbocycles. The van der Waals surface area contributed by atoms with E-state index >= 15 is 0 Å². The largest absolute Gasteiger partial charge is 0.493 e. The SMILES string of the molecule is COc1cc(Br)cc2cc([C@H](O)CO)oc12. The summed E-state index contributed by atoms with van der Waals surface area (Å²) in [5.74, 6) is 0.912. The fraction of sp³-hybridized carbons (Fsp3) is 0.273. The van der Waals surface area contributed by atoms with Gasteiger partial charge < -0.3 is 19.4 Å². The minimum Gasteiger partial charge on any atom is -0.493 e. The van der Waals surface area contributed by atoms with E-state index in [1.165, 1.54) is 0 Å². The molecular weight excluding hydrogens is 276 g/mol. The van der Waals surface area contributed by atoms with Crippen molar-refractivity contribution in [1.29, 1.82) is 0 Å². The van der Waals surface area contributed by atoms with Crippen molar-refractivity contribution in [3.8, 4) is 5.75 Å². The standard InChI is InChI=1S/C11H11BrO4/c1-15-10-4-7(12)2-6-3-9(8(14)5-13)16-11(6)10/h2-4,8,13-14H,5H2,1H3/t8-/m1/s1. The molecule has 1 aromatic heterocycles. The van der Waals surface area contributed by atoms with Gasteiger partial charge in [-0.25, -0.2) is 0 Å². The lowest BCUT2D eigenvalue weighted by Crippen LogP contribution is -1.99. The molecule has 0 bridgehead atoms. The van der Waals surface area contributed by atoms with Crippen LogP contribution in [-0.4, -0.2) is 23.9 Å². The van der Waals surface area contributed by atoms with Gasteiger partial charge in [-0.2, -0.15) is 0 Å². The molecule has 2 aromatic rings. The predicted octanol–water partition coefficient (Wildman–Crippen LogP) is 2.23. The highest BCUT2D eigenvalue weighted by Crippen LogP contribution is 2.34. The van der Waals surface area contributed by atoms with Crippen LogP contribution in [0.4, 0.5) is 0 Å². The molecule has 4 nitrogen and oxygen atoms in total. The lowest BCUT2D eigenvalue weighted by atomic mass is 10.2. The van der Waals surface area contributed by atoms with Gasteiger partial charge >= 0.3 is 0 Å². The molecule has 0 radical (unpaired) electrons. The number of furan rings is 1. The first-order chi connectivity index (χ1) is 7.65. The Hall–Kier alpha value is -1.04. The summed E-state index contributed by atoms with van der Waals surface area (Å²) in [6.45, 7) is -0.372. The zero-order chi connectivity index (χ0) is 11.7. The van der Waals surface area contributed by atoms with Crippen molar-refractivity contribution in [3.05, 3.63) is 28.4 Å². The average molecular weight is 287 g/mol. The number of hydrogen-bond donors (Lipinski definition) is 2. The molecule has 1 heterocycles. The fourth-order valence-corrected chi connectivity index (χ4v) is 1.97. The van der Waals surface area contributed by atoms with Crippen molar-refractivity contribution in [2.45, 2.75) is 6.10 Å². The number of aliphatic hydroxyl groups excluding tert-OH is 2. The van der Waals surface area contributed by atoms with Crippen molar-refractivity contribution >= 4 is 26.9 Å². The van der Waals surface area contributed by atoms with Crippen LogP contribution in [0.15, 0.2) is 27.1 Å². The smallest absolute Gasteiger partial charge is 0.176 e. The van der Waals surface area contributed by atoms with E-state index in [1.807, 2.05) is 6.07 Å². The van der Waals surface area contributed by atoms with Crippen molar-refractivity contribution in [3.63, 3.8) is 0 Å². The number of fused-ring (bicyclic) bond motifs is 1. The normalized spacial score (nSPS) is 13.0. The van der Waals surface area contributed by atoms with Crippen LogP contribution in [0.2, 0.25) is 0 Å². The molecule has 16 heavy (non-hydrogen) atoms. The van der Waals surface area contributed by atoms with Crippen LogP contribution in [0.5, 0.6) is 5.75 Å². The van der Waals surface area contributed by atoms with Crippen molar-refractivity contribution in [2.75, 3.05) is 13.7 Å². The van der Waals surface area contributed by atoms with E-state index in [4.69, 9.17) is 14.3 Å². The molecule has 2 N–H and O–H groups in total. The molecular formula is C11H11BrO4. The van der Waals surface area contributed by atoms with Crippen LogP contribution >= 0.6 is 15.9 Å². The van der Waals surface area contributed by atoms with Crippen LogP contribution in [0.25, 0.3) is 11.0 Å². The summed E-state index contributed by atoms with van der Waals surface area (Å²) in [6, 6.07) is 5.32. The zero-order valence-electron chi connectivity index (χ0n) is 8.61. The maximum Gasteiger partial charge on any atom is 0.176 e. The maximum atomic E-state index is 9.47. The van der Waals surface area contributed by atoms with Crippen LogP contribution in [0.1, 0.15) is 11.9 Å². The molecule has 5 heteroatoms. The number of rotatable bonds is 3. The molecule has 0 amide bonds. The van der Waals surface area contributed by atoms with E-state index in [0.717, 1.165) is 9.86 Å². The summed E-state index contributed by atoms with van der Waals surface area (Å²) in [6.07, 6.45) is -1.00. The Labute approximate surface area is 101 Å². The number of benzene rings is 1. The van der Waals surface area contributed by atoms with Crippen molar-refractivity contribution in [1.82, 2.24) is 0 Å². The molecule has 1 aromatic carbocycles. The second kappa shape index (κ2) is 4.45. The molecule has 0 fully saturated rings. The minimum absolute atomic E-state index is 0.328. The first-order valence-corrected chi connectivity index (χ1v) is 5.51. The molecule has 0 aliphatic heterocycles. The van der Waals surface area contributed by atoms with Gasteiger partial charge in [0.1, 0.15) is 11.9 Å². The van der Waals surface area contributed by atoms with Gasteiger partial charge in [0, 0.05) is 9.86 Å². The average Bonchev–Trinajstić information content (AvgIpc) is 2.70. The summed E-state index contributed by atoms with van der Waals surface area (Å²) >= 11 is 3.35. The highest BCUT2D eigenvalue weighted by molar-refractivity contribution is 9.10. The van der Waals surface area contributed by atoms with Gasteiger partial charge in [-0.1, -0.05) is 15.9 Å². The van der Waals surface area contributed by atoms with Crippen molar-refractivity contribution < 1.29 is 19.4 Å². The number of hydrogen-bond acceptors (Lipinski definition) is 4. The number of aliphatic hydroxyl groups is 2. The zero-order valence-corrected chi connectivity index (χ0v) is 10.2. The summed E-state index contributed by atoms with van der Waals surface area (Å²) < 4.78 is 11.5. The second-order valence-electron chi connectivity index (χ2n) is 3.37. The van der Waals surface area contributed by atoms with E-state index < -0.39 is 6.10 Å². The van der Waals surface area contributed by atoms with Gasteiger partial charge in [0.2, 0.25) is 0 Å². The summed E-state index contributed by atoms with van der Waals surface area (Å²) in [5.41, 5.74) is 0.563. The maximum absolute atomic E-state index is 9.47. The number of ether oxygens (including phenoxy) is 1. The van der Waals surface area contributed by atoms with Crippen LogP contribution < -0.4 is 4.74 Å². The molecule has 1 atom stereocenters. The molecule has 0 saturated carbocycles. The van der Waals surface area contributed by atoms with E-state index in [2.05, 4.69) is 15.9 Å². The third kappa shape index (κ3) is 1.93. The van der Waals surface area contributed by atoms with Gasteiger partial charge in [0.05, 0.1) is 13.7 Å². The molecule has 0 saturated heterocycles. The first-order valence-electron chi connectivity index (χ1n) is 4.71. The fourth-order valence-electron chi connectivity index (χ4n) is 1.51. The highest BCUT2D eigenvalue weighted by Gasteiger charge is 2.15. The van der Waals surface area contributed by atoms with Crippen molar-refractivity contribution in [2.24, 2.45) is 0 Å². The quantitative estimate of drug-likeness (QED) is 0.908. The van der Waals surface area contributed by atoms with E-state index in [-0.39, 0.29) is 6.61 Å². The highest BCUT2D eigenvalue weighted by atomic mass is 79.9. The van der Waals surface area contributed by atoms with Gasteiger partial charge in [0.15, 0.2) is 11.3 Å². The topological polar surface area (TPSA) is 62.8 Å². The first kappa shape index (κ1) is 11.4. The Bertz CT molecular complexity index is 506. The molecule has 86 valence electrons. The van der Waals surface area contributed by atoms with Gasteiger partial charge in [-0.05, 0) is 18.2 Å². The summed E-state index contributed by atoms with van der Waals surface area (Å²) in [7, 11) is 1.55. The predicted molar refractivity (Wildman–Crippen MR) is 62.5 cm³/mol. The molecule has 2 rings (SSSR count). The van der Waals surface area contributed by atoms with Gasteiger partial charge in [0.25, 0.3) is 0 Å². The third-order valence-electron chi connectivity index (χ3n) is 2.29. The molecule has 0 spiro atoms. The Kier molecular flexibility index (Phi) is 3.18. The molecule has 0 unspecified atom stereocenters. The third-order valence-corrected chi connectivity index (χ3v) is 2.75. The van der Waals surface area contributed by atoms with E-state index in [0.29, 0.717) is 17.1 Å². The Morgan fingerprint density at radius 2 is 2.19 bits per heavy atom. The van der Waals surface area contributed by atoms with Crippen LogP contribution in [0, 0.1) is 0 Å². The second-order valence-corrected chi connectivity index (χ2v) is 4.29. The minimum atomic E-state index is -1.00. The van der Waals surface area contributed by atoms with Crippen LogP contribution in [-0.2, 0) is 0 Å². The lowest BCUT2D eigenvalue weighted by Gasteiger charge is -2.02.